The van der Waals surface area contributed by atoms with Gasteiger partial charge in [-0.1, -0.05) is 0 Å². The molecule has 0 amide bonds. The van der Waals surface area contributed by atoms with Crippen molar-refractivity contribution in [1.29, 1.82) is 0 Å². The van der Waals surface area contributed by atoms with Gasteiger partial charge in [0.1, 0.15) is 5.82 Å². The summed E-state index contributed by atoms with van der Waals surface area (Å²) in [6.45, 7) is 3.00. The van der Waals surface area contributed by atoms with Gasteiger partial charge in [-0.2, -0.15) is 4.98 Å². The van der Waals surface area contributed by atoms with Crippen molar-refractivity contribution >= 4 is 11.8 Å². The summed E-state index contributed by atoms with van der Waals surface area (Å²) in [5.74, 6) is 2.84. The minimum atomic E-state index is 0.486. The standard InChI is InChI=1S/C19H31N7/c1-26(11-14-10-17(25-24-14)12-2-3-12)18-15-6-8-20-9-7-16(15)22-19(23-18)21-13-4-5-13/h12-14,17,20,24-25H,2-11H2,1H3,(H,21,22,23). The molecule has 3 heterocycles. The van der Waals surface area contributed by atoms with E-state index in [2.05, 4.69) is 33.4 Å². The maximum absolute atomic E-state index is 4.94. The van der Waals surface area contributed by atoms with Gasteiger partial charge in [-0.05, 0) is 51.0 Å². The molecule has 4 N–H and O–H groups in total. The highest BCUT2D eigenvalue weighted by molar-refractivity contribution is 5.53. The third kappa shape index (κ3) is 3.66. The smallest absolute Gasteiger partial charge is 0.225 e. The number of aromatic nitrogens is 2. The van der Waals surface area contributed by atoms with Gasteiger partial charge in [-0.25, -0.2) is 4.98 Å². The Bertz CT molecular complexity index is 656. The van der Waals surface area contributed by atoms with E-state index in [0.29, 0.717) is 18.1 Å². The van der Waals surface area contributed by atoms with Crippen LogP contribution < -0.4 is 26.4 Å². The Labute approximate surface area is 155 Å². The van der Waals surface area contributed by atoms with Crippen LogP contribution in [0.5, 0.6) is 0 Å². The molecule has 0 radical (unpaired) electrons. The monoisotopic (exact) mass is 357 g/mol. The summed E-state index contributed by atoms with van der Waals surface area (Å²) in [7, 11) is 2.19. The van der Waals surface area contributed by atoms with E-state index in [1.54, 1.807) is 0 Å². The Morgan fingerprint density at radius 1 is 1.08 bits per heavy atom. The van der Waals surface area contributed by atoms with E-state index in [1.807, 2.05) is 0 Å². The first kappa shape index (κ1) is 16.7. The Morgan fingerprint density at radius 2 is 1.92 bits per heavy atom. The molecule has 3 fully saturated rings. The molecule has 7 nitrogen and oxygen atoms in total. The number of nitrogens with zero attached hydrogens (tertiary/aromatic N) is 3. The van der Waals surface area contributed by atoms with Gasteiger partial charge in [0.15, 0.2) is 0 Å². The van der Waals surface area contributed by atoms with E-state index >= 15 is 0 Å². The van der Waals surface area contributed by atoms with Crippen LogP contribution in [0.4, 0.5) is 11.8 Å². The predicted octanol–water partition coefficient (Wildman–Crippen LogP) is 0.820. The molecular formula is C19H31N7. The molecule has 2 atom stereocenters. The summed E-state index contributed by atoms with van der Waals surface area (Å²) < 4.78 is 0. The maximum atomic E-state index is 4.94. The lowest BCUT2D eigenvalue weighted by Crippen LogP contribution is -2.40. The van der Waals surface area contributed by atoms with E-state index < -0.39 is 0 Å². The minimum absolute atomic E-state index is 0.486. The third-order valence-corrected chi connectivity index (χ3v) is 6.13. The second-order valence-electron chi connectivity index (χ2n) is 8.51. The highest BCUT2D eigenvalue weighted by atomic mass is 15.4. The Kier molecular flexibility index (Phi) is 4.46. The summed E-state index contributed by atoms with van der Waals surface area (Å²) in [4.78, 5) is 12.1. The molecule has 142 valence electrons. The highest BCUT2D eigenvalue weighted by Gasteiger charge is 2.37. The largest absolute Gasteiger partial charge is 0.358 e. The molecule has 5 rings (SSSR count). The second kappa shape index (κ2) is 6.94. The van der Waals surface area contributed by atoms with Crippen LogP contribution in [-0.4, -0.2) is 54.8 Å². The molecule has 0 bridgehead atoms. The van der Waals surface area contributed by atoms with E-state index in [0.717, 1.165) is 50.2 Å². The van der Waals surface area contributed by atoms with Crippen LogP contribution in [0.2, 0.25) is 0 Å². The van der Waals surface area contributed by atoms with Crippen LogP contribution in [0.25, 0.3) is 0 Å². The molecule has 2 aliphatic carbocycles. The van der Waals surface area contributed by atoms with Gasteiger partial charge in [0.2, 0.25) is 5.95 Å². The lowest BCUT2D eigenvalue weighted by atomic mass is 10.1. The fraction of sp³-hybridized carbons (Fsp3) is 0.789. The van der Waals surface area contributed by atoms with Crippen molar-refractivity contribution in [3.8, 4) is 0 Å². The van der Waals surface area contributed by atoms with Crippen molar-refractivity contribution in [3.63, 3.8) is 0 Å². The zero-order chi connectivity index (χ0) is 17.5. The van der Waals surface area contributed by atoms with Gasteiger partial charge >= 0.3 is 0 Å². The van der Waals surface area contributed by atoms with Gasteiger partial charge < -0.3 is 15.5 Å². The van der Waals surface area contributed by atoms with Crippen molar-refractivity contribution in [2.45, 2.75) is 63.1 Å². The number of hydrazine groups is 1. The lowest BCUT2D eigenvalue weighted by Gasteiger charge is -2.25. The van der Waals surface area contributed by atoms with Gasteiger partial charge in [0.25, 0.3) is 0 Å². The van der Waals surface area contributed by atoms with Crippen LogP contribution in [0.1, 0.15) is 43.4 Å². The zero-order valence-corrected chi connectivity index (χ0v) is 15.7. The fourth-order valence-corrected chi connectivity index (χ4v) is 4.31. The molecule has 2 unspecified atom stereocenters. The first-order chi connectivity index (χ1) is 12.8. The molecule has 1 aromatic rings. The lowest BCUT2D eigenvalue weighted by molar-refractivity contribution is 0.499. The van der Waals surface area contributed by atoms with E-state index in [-0.39, 0.29) is 0 Å². The molecule has 2 saturated carbocycles. The number of fused-ring (bicyclic) bond motifs is 1. The SMILES string of the molecule is CN(CC1CC(C2CC2)NN1)c1nc(NC2CC2)nc2c1CCNCC2. The van der Waals surface area contributed by atoms with Crippen LogP contribution in [0.3, 0.4) is 0 Å². The predicted molar refractivity (Wildman–Crippen MR) is 103 cm³/mol. The average Bonchev–Trinajstić information content (AvgIpc) is 3.54. The van der Waals surface area contributed by atoms with Crippen molar-refractivity contribution in [2.24, 2.45) is 5.92 Å². The van der Waals surface area contributed by atoms with Crippen LogP contribution in [0.15, 0.2) is 0 Å². The van der Waals surface area contributed by atoms with Crippen molar-refractivity contribution in [1.82, 2.24) is 26.1 Å². The molecule has 7 heteroatoms. The van der Waals surface area contributed by atoms with Gasteiger partial charge in [0.05, 0.1) is 5.69 Å². The van der Waals surface area contributed by atoms with E-state index in [4.69, 9.17) is 9.97 Å². The number of likely N-dealkylation sites (N-methyl/N-ethyl adjacent to an activating group) is 1. The summed E-state index contributed by atoms with van der Waals surface area (Å²) >= 11 is 0. The number of anilines is 2. The second-order valence-corrected chi connectivity index (χ2v) is 8.51. The van der Waals surface area contributed by atoms with Crippen molar-refractivity contribution < 1.29 is 0 Å². The fourth-order valence-electron chi connectivity index (χ4n) is 4.31. The Hall–Kier alpha value is -1.44. The molecule has 1 aromatic heterocycles. The van der Waals surface area contributed by atoms with Gasteiger partial charge in [0, 0.05) is 50.2 Å². The summed E-state index contributed by atoms with van der Waals surface area (Å²) in [5.41, 5.74) is 9.59. The number of hydrogen-bond acceptors (Lipinski definition) is 7. The van der Waals surface area contributed by atoms with Gasteiger partial charge in [-0.15, -0.1) is 0 Å². The molecule has 0 aromatic carbocycles. The minimum Gasteiger partial charge on any atom is -0.358 e. The third-order valence-electron chi connectivity index (χ3n) is 6.13. The first-order valence-electron chi connectivity index (χ1n) is 10.4. The molecular weight excluding hydrogens is 326 g/mol. The van der Waals surface area contributed by atoms with Crippen LogP contribution >= 0.6 is 0 Å². The van der Waals surface area contributed by atoms with Crippen LogP contribution in [-0.2, 0) is 12.8 Å². The van der Waals surface area contributed by atoms with Crippen LogP contribution in [0, 0.1) is 5.92 Å². The number of hydrogen-bond donors (Lipinski definition) is 4. The van der Waals surface area contributed by atoms with Crippen molar-refractivity contribution in [2.75, 3.05) is 36.9 Å². The van der Waals surface area contributed by atoms with Gasteiger partial charge in [-0.3, -0.25) is 10.9 Å². The summed E-state index contributed by atoms with van der Waals surface area (Å²) in [5, 5.41) is 7.01. The first-order valence-corrected chi connectivity index (χ1v) is 10.4. The Balaban J connectivity index is 1.35. The molecule has 0 spiro atoms. The highest BCUT2D eigenvalue weighted by Crippen LogP contribution is 2.36. The number of rotatable bonds is 6. The average molecular weight is 358 g/mol. The van der Waals surface area contributed by atoms with E-state index in [9.17, 15) is 0 Å². The summed E-state index contributed by atoms with van der Waals surface area (Å²) in [6, 6.07) is 1.72. The maximum Gasteiger partial charge on any atom is 0.225 e. The Morgan fingerprint density at radius 3 is 2.73 bits per heavy atom. The van der Waals surface area contributed by atoms with Crippen molar-refractivity contribution in [3.05, 3.63) is 11.3 Å². The summed E-state index contributed by atoms with van der Waals surface area (Å²) in [6.07, 6.45) is 8.50. The quantitative estimate of drug-likeness (QED) is 0.600. The molecule has 26 heavy (non-hydrogen) atoms. The molecule has 4 aliphatic rings. The molecule has 2 aliphatic heterocycles. The normalized spacial score (nSPS) is 28.5. The number of nitrogens with one attached hydrogen (secondary N) is 4. The topological polar surface area (TPSA) is 77.1 Å². The molecule has 1 saturated heterocycles. The zero-order valence-electron chi connectivity index (χ0n) is 15.7. The van der Waals surface area contributed by atoms with E-state index in [1.165, 1.54) is 43.4 Å².